The predicted molar refractivity (Wildman–Crippen MR) is 79.4 cm³/mol. The van der Waals surface area contributed by atoms with Crippen molar-refractivity contribution in [2.75, 3.05) is 0 Å². The Bertz CT molecular complexity index is 890. The molecule has 11 heteroatoms. The Kier molecular flexibility index (Phi) is 4.31. The minimum atomic E-state index is -4.67. The van der Waals surface area contributed by atoms with Gasteiger partial charge in [0, 0.05) is 12.6 Å². The van der Waals surface area contributed by atoms with E-state index in [1.165, 1.54) is 0 Å². The van der Waals surface area contributed by atoms with Crippen molar-refractivity contribution in [3.05, 3.63) is 44.9 Å². The molecule has 0 unspecified atom stereocenters. The second kappa shape index (κ2) is 6.17. The molecule has 3 heterocycles. The van der Waals surface area contributed by atoms with Crippen LogP contribution in [0.15, 0.2) is 17.1 Å². The zero-order chi connectivity index (χ0) is 18.4. The lowest BCUT2D eigenvalue weighted by Crippen LogP contribution is -2.34. The zero-order valence-electron chi connectivity index (χ0n) is 12.6. The molecule has 0 saturated heterocycles. The molecule has 2 aromatic rings. The molecule has 134 valence electrons. The number of alkyl halides is 3. The van der Waals surface area contributed by atoms with E-state index in [1.54, 1.807) is 0 Å². The summed E-state index contributed by atoms with van der Waals surface area (Å²) in [6.07, 6.45) is -2.34. The summed E-state index contributed by atoms with van der Waals surface area (Å²) in [6.45, 7) is -0.157. The fraction of sp³-hybridized carbons (Fsp3) is 0.429. The SMILES string of the molecule is O=C(O)[C@@H]1CCCc2nn(Cc3cnc(C(F)(F)F)c(Cl)c3)c(=O)n21. The lowest BCUT2D eigenvalue weighted by molar-refractivity contribution is -0.142. The molecule has 0 amide bonds. The summed E-state index contributed by atoms with van der Waals surface area (Å²) in [5, 5.41) is 12.7. The molecule has 3 rings (SSSR count). The molecule has 2 aromatic heterocycles. The van der Waals surface area contributed by atoms with Crippen LogP contribution < -0.4 is 5.69 Å². The van der Waals surface area contributed by atoms with E-state index in [0.717, 1.165) is 21.5 Å². The molecule has 0 saturated carbocycles. The van der Waals surface area contributed by atoms with Crippen molar-refractivity contribution in [3.8, 4) is 0 Å². The number of rotatable bonds is 3. The van der Waals surface area contributed by atoms with E-state index in [9.17, 15) is 27.9 Å². The van der Waals surface area contributed by atoms with Crippen LogP contribution in [0.3, 0.4) is 0 Å². The maximum absolute atomic E-state index is 12.7. The minimum Gasteiger partial charge on any atom is -0.480 e. The van der Waals surface area contributed by atoms with Crippen LogP contribution in [0.5, 0.6) is 0 Å². The van der Waals surface area contributed by atoms with Gasteiger partial charge in [0.05, 0.1) is 11.6 Å². The fourth-order valence-electron chi connectivity index (χ4n) is 2.81. The first-order chi connectivity index (χ1) is 11.7. The largest absolute Gasteiger partial charge is 0.480 e. The number of fused-ring (bicyclic) bond motifs is 1. The second-order valence-electron chi connectivity index (χ2n) is 5.64. The van der Waals surface area contributed by atoms with Gasteiger partial charge >= 0.3 is 17.8 Å². The van der Waals surface area contributed by atoms with Gasteiger partial charge in [0.25, 0.3) is 0 Å². The Labute approximate surface area is 143 Å². The van der Waals surface area contributed by atoms with E-state index >= 15 is 0 Å². The number of halogens is 4. The average molecular weight is 377 g/mol. The summed E-state index contributed by atoms with van der Waals surface area (Å²) in [7, 11) is 0. The van der Waals surface area contributed by atoms with Crippen molar-refractivity contribution in [2.45, 2.75) is 38.0 Å². The van der Waals surface area contributed by atoms with Crippen LogP contribution in [0, 0.1) is 0 Å². The lowest BCUT2D eigenvalue weighted by Gasteiger charge is -2.19. The van der Waals surface area contributed by atoms with Crippen molar-refractivity contribution in [1.29, 1.82) is 0 Å². The first-order valence-electron chi connectivity index (χ1n) is 7.31. The highest BCUT2D eigenvalue weighted by Crippen LogP contribution is 2.33. The highest BCUT2D eigenvalue weighted by atomic mass is 35.5. The zero-order valence-corrected chi connectivity index (χ0v) is 13.4. The van der Waals surface area contributed by atoms with Gasteiger partial charge in [-0.25, -0.2) is 19.3 Å². The average Bonchev–Trinajstić information content (AvgIpc) is 2.82. The third-order valence-corrected chi connectivity index (χ3v) is 4.20. The van der Waals surface area contributed by atoms with Crippen molar-refractivity contribution < 1.29 is 23.1 Å². The van der Waals surface area contributed by atoms with Gasteiger partial charge in [-0.15, -0.1) is 0 Å². The molecule has 1 aliphatic rings. The van der Waals surface area contributed by atoms with E-state index < -0.39 is 34.6 Å². The van der Waals surface area contributed by atoms with Gasteiger partial charge in [0.15, 0.2) is 5.69 Å². The number of aromatic nitrogens is 4. The summed E-state index contributed by atoms with van der Waals surface area (Å²) in [5.41, 5.74) is -1.58. The summed E-state index contributed by atoms with van der Waals surface area (Å²) in [4.78, 5) is 27.0. The van der Waals surface area contributed by atoms with Gasteiger partial charge < -0.3 is 5.11 Å². The summed E-state index contributed by atoms with van der Waals surface area (Å²) in [6, 6.07) is 0.0796. The van der Waals surface area contributed by atoms with Crippen LogP contribution >= 0.6 is 11.6 Å². The molecule has 1 N–H and O–H groups in total. The number of pyridine rings is 1. The van der Waals surface area contributed by atoms with Gasteiger partial charge in [0.2, 0.25) is 0 Å². The van der Waals surface area contributed by atoms with Gasteiger partial charge in [-0.1, -0.05) is 11.6 Å². The van der Waals surface area contributed by atoms with E-state index in [4.69, 9.17) is 11.6 Å². The fourth-order valence-corrected chi connectivity index (χ4v) is 3.11. The molecular formula is C14H12ClF3N4O3. The Hall–Kier alpha value is -2.36. The number of carboxylic acids is 1. The summed E-state index contributed by atoms with van der Waals surface area (Å²) >= 11 is 5.61. The summed E-state index contributed by atoms with van der Waals surface area (Å²) < 4.78 is 40.1. The number of hydrogen-bond donors (Lipinski definition) is 1. The molecule has 0 bridgehead atoms. The van der Waals surface area contributed by atoms with E-state index in [2.05, 4.69) is 10.1 Å². The van der Waals surface area contributed by atoms with Crippen LogP contribution in [0.2, 0.25) is 5.02 Å². The monoisotopic (exact) mass is 376 g/mol. The van der Waals surface area contributed by atoms with E-state index in [-0.39, 0.29) is 12.1 Å². The van der Waals surface area contributed by atoms with Crippen molar-refractivity contribution in [2.24, 2.45) is 0 Å². The normalized spacial score (nSPS) is 17.4. The molecule has 0 radical (unpaired) electrons. The number of aliphatic carboxylic acids is 1. The number of nitrogens with zero attached hydrogens (tertiary/aromatic N) is 4. The molecule has 0 spiro atoms. The Balaban J connectivity index is 1.94. The van der Waals surface area contributed by atoms with Crippen LogP contribution in [-0.2, 0) is 23.9 Å². The smallest absolute Gasteiger partial charge is 0.434 e. The van der Waals surface area contributed by atoms with Crippen molar-refractivity contribution in [1.82, 2.24) is 19.3 Å². The van der Waals surface area contributed by atoms with Gasteiger partial charge in [-0.05, 0) is 24.5 Å². The van der Waals surface area contributed by atoms with Gasteiger partial charge in [-0.3, -0.25) is 4.57 Å². The third kappa shape index (κ3) is 3.26. The molecule has 0 aromatic carbocycles. The van der Waals surface area contributed by atoms with Crippen LogP contribution in [-0.4, -0.2) is 30.4 Å². The molecule has 0 aliphatic carbocycles. The number of carboxylic acid groups (broad SMARTS) is 1. The number of carbonyl (C=O) groups is 1. The topological polar surface area (TPSA) is 90.0 Å². The first kappa shape index (κ1) is 17.5. The molecule has 7 nitrogen and oxygen atoms in total. The van der Waals surface area contributed by atoms with E-state index in [0.29, 0.717) is 25.1 Å². The molecule has 0 fully saturated rings. The van der Waals surface area contributed by atoms with Crippen LogP contribution in [0.1, 0.15) is 36.0 Å². The van der Waals surface area contributed by atoms with E-state index in [1.807, 2.05) is 0 Å². The van der Waals surface area contributed by atoms with Crippen molar-refractivity contribution in [3.63, 3.8) is 0 Å². The standard InChI is InChI=1S/C14H12ClF3N4O3/c15-8-4-7(5-19-11(8)14(16,17)18)6-21-13(25)22-9(12(23)24)2-1-3-10(22)20-21/h4-5,9H,1-3,6H2,(H,23,24)/t9-/m0/s1. The summed E-state index contributed by atoms with van der Waals surface area (Å²) in [5.74, 6) is -0.781. The van der Waals surface area contributed by atoms with Crippen LogP contribution in [0.25, 0.3) is 0 Å². The molecule has 1 aliphatic heterocycles. The molecule has 1 atom stereocenters. The highest BCUT2D eigenvalue weighted by molar-refractivity contribution is 6.31. The van der Waals surface area contributed by atoms with Gasteiger partial charge in [0.1, 0.15) is 11.9 Å². The molecule has 25 heavy (non-hydrogen) atoms. The third-order valence-electron chi connectivity index (χ3n) is 3.91. The predicted octanol–water partition coefficient (Wildman–Crippen LogP) is 2.12. The number of aryl methyl sites for hydroxylation is 1. The highest BCUT2D eigenvalue weighted by Gasteiger charge is 2.35. The second-order valence-corrected chi connectivity index (χ2v) is 6.05. The molecular weight excluding hydrogens is 365 g/mol. The Morgan fingerprint density at radius 2 is 2.16 bits per heavy atom. The maximum atomic E-state index is 12.7. The Morgan fingerprint density at radius 1 is 1.44 bits per heavy atom. The van der Waals surface area contributed by atoms with Gasteiger partial charge in [-0.2, -0.15) is 18.3 Å². The minimum absolute atomic E-state index is 0.157. The van der Waals surface area contributed by atoms with Crippen LogP contribution in [0.4, 0.5) is 13.2 Å². The lowest BCUT2D eigenvalue weighted by atomic mass is 10.1. The maximum Gasteiger partial charge on any atom is 0.434 e. The van der Waals surface area contributed by atoms with Crippen molar-refractivity contribution >= 4 is 17.6 Å². The first-order valence-corrected chi connectivity index (χ1v) is 7.69. The Morgan fingerprint density at radius 3 is 2.76 bits per heavy atom. The quantitative estimate of drug-likeness (QED) is 0.886. The number of hydrogen-bond acceptors (Lipinski definition) is 4.